The summed E-state index contributed by atoms with van der Waals surface area (Å²) < 4.78 is 30.8. The second kappa shape index (κ2) is 21.2. The smallest absolute Gasteiger partial charge is 0.326 e. The standard InChI is InChI=1S/C44H56N4O11/c1-6-27(2)36(42(53)54)48-40(51)28(3)46-41(52)32(22-23-35(50)56-31-20-14-9-15-21-31)47-34(49)24-33(45-25-29-16-10-7-11-17-29)37-38(55-26-30-18-12-8-13-19-30)39-43(57-37)59-44(4,5)58-39/h7-21,27-28,32-33,36-39,43,45H,6,22-26H2,1-5H3,(H,46,52)(H,47,49)(H,48,51)(H,53,54)/t27?,28-,32-,33-,36-,37?,38-,39+,43+/m0/s1. The molecule has 3 amide bonds. The van der Waals surface area contributed by atoms with E-state index in [9.17, 15) is 29.1 Å². The van der Waals surface area contributed by atoms with Crippen LogP contribution in [0, 0.1) is 5.92 Å². The van der Waals surface area contributed by atoms with Gasteiger partial charge in [0.25, 0.3) is 0 Å². The number of hydrogen-bond acceptors (Lipinski definition) is 11. The highest BCUT2D eigenvalue weighted by atomic mass is 16.8. The number of aliphatic carboxylic acids is 1. The number of nitrogens with one attached hydrogen (secondary N) is 4. The highest BCUT2D eigenvalue weighted by Gasteiger charge is 2.57. The predicted molar refractivity (Wildman–Crippen MR) is 215 cm³/mol. The summed E-state index contributed by atoms with van der Waals surface area (Å²) in [5.74, 6) is -4.86. The van der Waals surface area contributed by atoms with Crippen molar-refractivity contribution >= 4 is 29.7 Å². The molecule has 3 aromatic carbocycles. The lowest BCUT2D eigenvalue weighted by Crippen LogP contribution is -2.56. The Bertz CT molecular complexity index is 1850. The summed E-state index contributed by atoms with van der Waals surface area (Å²) in [6, 6.07) is 23.3. The quantitative estimate of drug-likeness (QED) is 0.0767. The van der Waals surface area contributed by atoms with Gasteiger partial charge in [0.05, 0.1) is 6.61 Å². The van der Waals surface area contributed by atoms with Crippen LogP contribution < -0.4 is 26.0 Å². The van der Waals surface area contributed by atoms with Gasteiger partial charge in [0, 0.05) is 25.4 Å². The fraction of sp³-hybridized carbons (Fsp3) is 0.477. The van der Waals surface area contributed by atoms with Crippen molar-refractivity contribution in [2.45, 2.75) is 128 Å². The molecule has 318 valence electrons. The molecular weight excluding hydrogens is 761 g/mol. The van der Waals surface area contributed by atoms with E-state index < -0.39 is 84.2 Å². The Kier molecular flexibility index (Phi) is 16.1. The highest BCUT2D eigenvalue weighted by molar-refractivity contribution is 5.93. The van der Waals surface area contributed by atoms with Gasteiger partial charge in [-0.15, -0.1) is 0 Å². The molecule has 2 aliphatic rings. The minimum absolute atomic E-state index is 0.173. The first-order valence-corrected chi connectivity index (χ1v) is 20.1. The molecule has 0 radical (unpaired) electrons. The van der Waals surface area contributed by atoms with Gasteiger partial charge in [0.1, 0.15) is 42.2 Å². The molecule has 0 aliphatic carbocycles. The van der Waals surface area contributed by atoms with Gasteiger partial charge >= 0.3 is 11.9 Å². The molecule has 9 atom stereocenters. The van der Waals surface area contributed by atoms with Gasteiger partial charge in [-0.2, -0.15) is 0 Å². The average molecular weight is 817 g/mol. The van der Waals surface area contributed by atoms with E-state index in [1.807, 2.05) is 60.7 Å². The van der Waals surface area contributed by atoms with Crippen LogP contribution in [0.15, 0.2) is 91.0 Å². The topological polar surface area (TPSA) is 200 Å². The van der Waals surface area contributed by atoms with Crippen LogP contribution in [0.4, 0.5) is 0 Å². The van der Waals surface area contributed by atoms with Gasteiger partial charge in [-0.1, -0.05) is 99.1 Å². The van der Waals surface area contributed by atoms with Crippen LogP contribution in [0.25, 0.3) is 0 Å². The molecule has 2 unspecified atom stereocenters. The number of amides is 3. The number of para-hydroxylation sites is 1. The number of fused-ring (bicyclic) bond motifs is 1. The summed E-state index contributed by atoms with van der Waals surface area (Å²) in [5.41, 5.74) is 1.88. The molecule has 5 rings (SSSR count). The van der Waals surface area contributed by atoms with E-state index in [1.54, 1.807) is 58.0 Å². The lowest BCUT2D eigenvalue weighted by Gasteiger charge is -2.32. The molecule has 2 fully saturated rings. The average Bonchev–Trinajstić information content (AvgIpc) is 3.70. The van der Waals surface area contributed by atoms with Gasteiger partial charge in [-0.3, -0.25) is 19.2 Å². The van der Waals surface area contributed by atoms with Crippen LogP contribution >= 0.6 is 0 Å². The molecule has 2 aliphatic heterocycles. The summed E-state index contributed by atoms with van der Waals surface area (Å²) in [4.78, 5) is 65.8. The van der Waals surface area contributed by atoms with E-state index >= 15 is 0 Å². The molecule has 59 heavy (non-hydrogen) atoms. The maximum Gasteiger partial charge on any atom is 0.326 e. The van der Waals surface area contributed by atoms with Gasteiger partial charge < -0.3 is 50.1 Å². The molecule has 0 bridgehead atoms. The Labute approximate surface area is 344 Å². The number of ether oxygens (including phenoxy) is 5. The number of rotatable bonds is 21. The number of esters is 1. The van der Waals surface area contributed by atoms with Crippen molar-refractivity contribution in [1.29, 1.82) is 0 Å². The molecule has 2 saturated heterocycles. The van der Waals surface area contributed by atoms with Crippen molar-refractivity contribution in [1.82, 2.24) is 21.3 Å². The van der Waals surface area contributed by atoms with E-state index in [4.69, 9.17) is 23.7 Å². The number of hydrogen-bond donors (Lipinski definition) is 5. The summed E-state index contributed by atoms with van der Waals surface area (Å²) >= 11 is 0. The monoisotopic (exact) mass is 816 g/mol. The Morgan fingerprint density at radius 2 is 1.44 bits per heavy atom. The molecule has 5 N–H and O–H groups in total. The zero-order valence-electron chi connectivity index (χ0n) is 34.1. The fourth-order valence-corrected chi connectivity index (χ4v) is 6.93. The van der Waals surface area contributed by atoms with Gasteiger partial charge in [-0.05, 0) is 56.4 Å². The summed E-state index contributed by atoms with van der Waals surface area (Å²) in [6.45, 7) is 9.10. The van der Waals surface area contributed by atoms with Crippen molar-refractivity contribution in [3.8, 4) is 5.75 Å². The van der Waals surface area contributed by atoms with Gasteiger partial charge in [0.15, 0.2) is 12.1 Å². The van der Waals surface area contributed by atoms with Crippen LogP contribution in [-0.2, 0) is 56.1 Å². The van der Waals surface area contributed by atoms with Crippen molar-refractivity contribution in [3.05, 3.63) is 102 Å². The molecule has 2 heterocycles. The van der Waals surface area contributed by atoms with Gasteiger partial charge in [0.2, 0.25) is 17.7 Å². The minimum atomic E-state index is -1.29. The minimum Gasteiger partial charge on any atom is -0.480 e. The van der Waals surface area contributed by atoms with Crippen LogP contribution in [0.5, 0.6) is 5.75 Å². The second-order valence-corrected chi connectivity index (χ2v) is 15.4. The Morgan fingerprint density at radius 1 is 0.814 bits per heavy atom. The number of carboxylic acids is 1. The molecular formula is C44H56N4O11. The third-order valence-electron chi connectivity index (χ3n) is 10.3. The van der Waals surface area contributed by atoms with E-state index in [0.29, 0.717) is 18.7 Å². The maximum atomic E-state index is 14.1. The predicted octanol–water partition coefficient (Wildman–Crippen LogP) is 3.99. The SMILES string of the molecule is CCC(C)[C@H](NC(=O)[C@H](C)NC(=O)[C@H](CCC(=O)Oc1ccccc1)NC(=O)C[C@H](NCc1ccccc1)C1O[C@@H]2OC(C)(C)O[C@@H]2[C@H]1OCc1ccccc1)C(=O)O. The number of benzene rings is 3. The highest BCUT2D eigenvalue weighted by Crippen LogP contribution is 2.40. The zero-order valence-corrected chi connectivity index (χ0v) is 34.1. The molecule has 15 nitrogen and oxygen atoms in total. The maximum absolute atomic E-state index is 14.1. The van der Waals surface area contributed by atoms with Crippen molar-refractivity contribution in [2.75, 3.05) is 0 Å². The molecule has 0 saturated carbocycles. The summed E-state index contributed by atoms with van der Waals surface area (Å²) in [7, 11) is 0. The molecule has 0 spiro atoms. The molecule has 15 heteroatoms. The molecule has 3 aromatic rings. The molecule has 0 aromatic heterocycles. The Hall–Kier alpha value is -5.19. The van der Waals surface area contributed by atoms with E-state index in [1.165, 1.54) is 6.92 Å². The van der Waals surface area contributed by atoms with E-state index in [2.05, 4.69) is 21.3 Å². The third kappa shape index (κ3) is 13.2. The first-order valence-electron chi connectivity index (χ1n) is 20.1. The second-order valence-electron chi connectivity index (χ2n) is 15.4. The van der Waals surface area contributed by atoms with Crippen LogP contribution in [0.3, 0.4) is 0 Å². The van der Waals surface area contributed by atoms with E-state index in [-0.39, 0.29) is 31.8 Å². The summed E-state index contributed by atoms with van der Waals surface area (Å²) in [6.07, 6.45) is -2.93. The first kappa shape index (κ1) is 44.9. The van der Waals surface area contributed by atoms with Crippen molar-refractivity contribution in [3.63, 3.8) is 0 Å². The van der Waals surface area contributed by atoms with E-state index in [0.717, 1.165) is 11.1 Å². The Balaban J connectivity index is 1.34. The van der Waals surface area contributed by atoms with Crippen LogP contribution in [0.2, 0.25) is 0 Å². The number of carbonyl (C=O) groups excluding carboxylic acids is 4. The van der Waals surface area contributed by atoms with Crippen molar-refractivity contribution in [2.24, 2.45) is 5.92 Å². The van der Waals surface area contributed by atoms with Crippen LogP contribution in [-0.4, -0.2) is 89.3 Å². The first-order chi connectivity index (χ1) is 28.2. The lowest BCUT2D eigenvalue weighted by molar-refractivity contribution is -0.222. The Morgan fingerprint density at radius 3 is 2.07 bits per heavy atom. The number of carbonyl (C=O) groups is 5. The fourth-order valence-electron chi connectivity index (χ4n) is 6.93. The zero-order chi connectivity index (χ0) is 42.5. The lowest BCUT2D eigenvalue weighted by atomic mass is 9.98. The largest absolute Gasteiger partial charge is 0.480 e. The number of carboxylic acid groups (broad SMARTS) is 1. The van der Waals surface area contributed by atoms with Crippen LogP contribution in [0.1, 0.15) is 71.4 Å². The van der Waals surface area contributed by atoms with Crippen molar-refractivity contribution < 1.29 is 52.8 Å². The normalized spacial score (nSPS) is 21.8. The summed E-state index contributed by atoms with van der Waals surface area (Å²) in [5, 5.41) is 21.0. The third-order valence-corrected chi connectivity index (χ3v) is 10.3. The van der Waals surface area contributed by atoms with Gasteiger partial charge in [-0.25, -0.2) is 4.79 Å².